The first-order valence-electron chi connectivity index (χ1n) is 8.77. The maximum absolute atomic E-state index is 5.85. The molecule has 0 aromatic heterocycles. The summed E-state index contributed by atoms with van der Waals surface area (Å²) in [4.78, 5) is 2.58. The van der Waals surface area contributed by atoms with Gasteiger partial charge in [-0.25, -0.2) is 0 Å². The van der Waals surface area contributed by atoms with Crippen LogP contribution >= 0.6 is 0 Å². The Bertz CT molecular complexity index is 540. The van der Waals surface area contributed by atoms with E-state index in [2.05, 4.69) is 65.6 Å². The van der Waals surface area contributed by atoms with Gasteiger partial charge in [-0.1, -0.05) is 60.7 Å². The summed E-state index contributed by atoms with van der Waals surface area (Å²) >= 11 is 0. The highest BCUT2D eigenvalue weighted by molar-refractivity contribution is 5.17. The Kier molecular flexibility index (Phi) is 6.41. The van der Waals surface area contributed by atoms with Gasteiger partial charge in [-0.15, -0.1) is 0 Å². The normalized spacial score (nSPS) is 20.1. The van der Waals surface area contributed by atoms with Crippen molar-refractivity contribution < 1.29 is 9.47 Å². The first kappa shape index (κ1) is 17.2. The third kappa shape index (κ3) is 4.91. The van der Waals surface area contributed by atoms with Crippen molar-refractivity contribution in [2.45, 2.75) is 38.1 Å². The number of hydrogen-bond acceptors (Lipinski definition) is 3. The van der Waals surface area contributed by atoms with Crippen molar-refractivity contribution in [1.29, 1.82) is 0 Å². The summed E-state index contributed by atoms with van der Waals surface area (Å²) in [6.07, 6.45) is 2.62. The van der Waals surface area contributed by atoms with E-state index in [1.807, 2.05) is 0 Å². The lowest BCUT2D eigenvalue weighted by atomic mass is 9.87. The monoisotopic (exact) mass is 325 g/mol. The zero-order chi connectivity index (χ0) is 16.6. The second-order valence-electron chi connectivity index (χ2n) is 6.49. The second-order valence-corrected chi connectivity index (χ2v) is 6.49. The molecule has 0 unspecified atom stereocenters. The minimum absolute atomic E-state index is 0.388. The highest BCUT2D eigenvalue weighted by Gasteiger charge is 2.34. The van der Waals surface area contributed by atoms with E-state index >= 15 is 0 Å². The molecule has 0 spiro atoms. The van der Waals surface area contributed by atoms with Gasteiger partial charge in [0.2, 0.25) is 0 Å². The summed E-state index contributed by atoms with van der Waals surface area (Å²) in [5.41, 5.74) is 2.74. The molecule has 2 aromatic rings. The van der Waals surface area contributed by atoms with Crippen LogP contribution < -0.4 is 0 Å². The second kappa shape index (κ2) is 8.97. The molecule has 0 bridgehead atoms. The summed E-state index contributed by atoms with van der Waals surface area (Å²) in [5.74, 6) is 0. The van der Waals surface area contributed by atoms with Crippen LogP contribution in [-0.4, -0.2) is 37.4 Å². The van der Waals surface area contributed by atoms with Gasteiger partial charge < -0.3 is 9.47 Å². The highest BCUT2D eigenvalue weighted by Crippen LogP contribution is 2.30. The van der Waals surface area contributed by atoms with Crippen LogP contribution in [0.5, 0.6) is 0 Å². The Hall–Kier alpha value is -1.68. The van der Waals surface area contributed by atoms with Gasteiger partial charge >= 0.3 is 0 Å². The Morgan fingerprint density at radius 2 is 1.38 bits per heavy atom. The van der Waals surface area contributed by atoms with E-state index in [0.29, 0.717) is 25.4 Å². The molecule has 0 heterocycles. The van der Waals surface area contributed by atoms with E-state index in [-0.39, 0.29) is 0 Å². The summed E-state index contributed by atoms with van der Waals surface area (Å²) in [6.45, 7) is 3.36. The number of nitrogens with zero attached hydrogens (tertiary/aromatic N) is 1. The highest BCUT2D eigenvalue weighted by atomic mass is 16.5. The SMILES string of the molecule is COCCOC1CC(N(Cc2ccccc2)Cc2ccccc2)C1. The van der Waals surface area contributed by atoms with E-state index in [1.165, 1.54) is 11.1 Å². The largest absolute Gasteiger partial charge is 0.382 e. The van der Waals surface area contributed by atoms with Crippen LogP contribution in [-0.2, 0) is 22.6 Å². The van der Waals surface area contributed by atoms with Crippen molar-refractivity contribution in [3.8, 4) is 0 Å². The number of benzene rings is 2. The summed E-state index contributed by atoms with van der Waals surface area (Å²) in [5, 5.41) is 0. The third-order valence-electron chi connectivity index (χ3n) is 4.68. The lowest BCUT2D eigenvalue weighted by Gasteiger charge is -2.43. The number of methoxy groups -OCH3 is 1. The zero-order valence-corrected chi connectivity index (χ0v) is 14.4. The van der Waals surface area contributed by atoms with E-state index in [4.69, 9.17) is 9.47 Å². The van der Waals surface area contributed by atoms with Gasteiger partial charge in [-0.3, -0.25) is 4.90 Å². The van der Waals surface area contributed by atoms with Crippen molar-refractivity contribution in [3.05, 3.63) is 71.8 Å². The molecular weight excluding hydrogens is 298 g/mol. The maximum atomic E-state index is 5.85. The van der Waals surface area contributed by atoms with Gasteiger partial charge in [-0.05, 0) is 24.0 Å². The predicted octanol–water partition coefficient (Wildman–Crippen LogP) is 3.88. The van der Waals surface area contributed by atoms with Crippen molar-refractivity contribution >= 4 is 0 Å². The van der Waals surface area contributed by atoms with E-state index in [0.717, 1.165) is 25.9 Å². The van der Waals surface area contributed by atoms with Crippen molar-refractivity contribution in [2.75, 3.05) is 20.3 Å². The van der Waals surface area contributed by atoms with E-state index in [1.54, 1.807) is 7.11 Å². The fourth-order valence-electron chi connectivity index (χ4n) is 3.22. The molecule has 1 aliphatic carbocycles. The smallest absolute Gasteiger partial charge is 0.0704 e. The lowest BCUT2D eigenvalue weighted by Crippen LogP contribution is -2.47. The molecule has 1 saturated carbocycles. The molecule has 1 aliphatic rings. The topological polar surface area (TPSA) is 21.7 Å². The van der Waals surface area contributed by atoms with Crippen LogP contribution in [0.25, 0.3) is 0 Å². The van der Waals surface area contributed by atoms with Crippen LogP contribution in [0, 0.1) is 0 Å². The van der Waals surface area contributed by atoms with Gasteiger partial charge in [0.05, 0.1) is 19.3 Å². The molecule has 3 heteroatoms. The molecule has 0 radical (unpaired) electrons. The number of rotatable bonds is 9. The molecule has 3 nitrogen and oxygen atoms in total. The molecule has 128 valence electrons. The molecule has 1 fully saturated rings. The van der Waals surface area contributed by atoms with Gasteiger partial charge in [0.1, 0.15) is 0 Å². The first-order chi connectivity index (χ1) is 11.8. The predicted molar refractivity (Wildman–Crippen MR) is 96.8 cm³/mol. The average molecular weight is 325 g/mol. The number of hydrogen-bond donors (Lipinski definition) is 0. The van der Waals surface area contributed by atoms with E-state index < -0.39 is 0 Å². The van der Waals surface area contributed by atoms with Crippen LogP contribution in [0.15, 0.2) is 60.7 Å². The Balaban J connectivity index is 1.58. The van der Waals surface area contributed by atoms with E-state index in [9.17, 15) is 0 Å². The minimum atomic E-state index is 0.388. The molecular formula is C21H27NO2. The molecule has 3 rings (SSSR count). The van der Waals surface area contributed by atoms with Crippen LogP contribution in [0.1, 0.15) is 24.0 Å². The van der Waals surface area contributed by atoms with Crippen molar-refractivity contribution in [1.82, 2.24) is 4.90 Å². The molecule has 2 aromatic carbocycles. The molecule has 0 atom stereocenters. The molecule has 24 heavy (non-hydrogen) atoms. The van der Waals surface area contributed by atoms with Gasteiger partial charge in [0, 0.05) is 26.2 Å². The molecule has 0 saturated heterocycles. The quantitative estimate of drug-likeness (QED) is 0.653. The lowest BCUT2D eigenvalue weighted by molar-refractivity contribution is -0.0673. The third-order valence-corrected chi connectivity index (χ3v) is 4.68. The fraction of sp³-hybridized carbons (Fsp3) is 0.429. The van der Waals surface area contributed by atoms with Crippen LogP contribution in [0.2, 0.25) is 0 Å². The maximum Gasteiger partial charge on any atom is 0.0704 e. The summed E-state index contributed by atoms with van der Waals surface area (Å²) in [6, 6.07) is 22.1. The van der Waals surface area contributed by atoms with Gasteiger partial charge in [0.15, 0.2) is 0 Å². The fourth-order valence-corrected chi connectivity index (χ4v) is 3.22. The summed E-state index contributed by atoms with van der Waals surface area (Å²) < 4.78 is 10.9. The zero-order valence-electron chi connectivity index (χ0n) is 14.4. The van der Waals surface area contributed by atoms with Gasteiger partial charge in [-0.2, -0.15) is 0 Å². The molecule has 0 N–H and O–H groups in total. The minimum Gasteiger partial charge on any atom is -0.382 e. The average Bonchev–Trinajstić information content (AvgIpc) is 2.58. The van der Waals surface area contributed by atoms with Gasteiger partial charge in [0.25, 0.3) is 0 Å². The first-order valence-corrected chi connectivity index (χ1v) is 8.77. The standard InChI is InChI=1S/C21H27NO2/c1-23-12-13-24-21-14-20(15-21)22(16-18-8-4-2-5-9-18)17-19-10-6-3-7-11-19/h2-11,20-21H,12-17H2,1H3. The number of ether oxygens (including phenoxy) is 2. The van der Waals surface area contributed by atoms with Crippen LogP contribution in [0.3, 0.4) is 0 Å². The molecule has 0 aliphatic heterocycles. The Labute approximate surface area is 145 Å². The molecule has 0 amide bonds. The Morgan fingerprint density at radius 1 is 0.833 bits per heavy atom. The van der Waals surface area contributed by atoms with Crippen molar-refractivity contribution in [2.24, 2.45) is 0 Å². The Morgan fingerprint density at radius 3 is 1.88 bits per heavy atom. The van der Waals surface area contributed by atoms with Crippen LogP contribution in [0.4, 0.5) is 0 Å². The van der Waals surface area contributed by atoms with Crippen molar-refractivity contribution in [3.63, 3.8) is 0 Å². The summed E-state index contributed by atoms with van der Waals surface area (Å²) in [7, 11) is 1.72.